The highest BCUT2D eigenvalue weighted by atomic mass is 19.4. The molecule has 2 nitrogen and oxygen atoms in total. The number of benzene rings is 1. The van der Waals surface area contributed by atoms with Crippen LogP contribution in [-0.4, -0.2) is 11.3 Å². The standard InChI is InChI=1S/C13H12F3NO/c14-13(15,16)18-9-4-5-12-10(6-9)11(7-17-12)8-2-1-3-8/h4-8,17H,1-3H2. The third-order valence-corrected chi connectivity index (χ3v) is 3.46. The molecule has 18 heavy (non-hydrogen) atoms. The quantitative estimate of drug-likeness (QED) is 0.848. The van der Waals surface area contributed by atoms with Crippen molar-refractivity contribution in [3.8, 4) is 5.75 Å². The maximum Gasteiger partial charge on any atom is 0.573 e. The van der Waals surface area contributed by atoms with Gasteiger partial charge in [0.05, 0.1) is 0 Å². The predicted octanol–water partition coefficient (Wildman–Crippen LogP) is 4.33. The van der Waals surface area contributed by atoms with E-state index in [1.165, 1.54) is 18.6 Å². The number of ether oxygens (including phenoxy) is 1. The smallest absolute Gasteiger partial charge is 0.406 e. The van der Waals surface area contributed by atoms with Gasteiger partial charge in [-0.25, -0.2) is 0 Å². The van der Waals surface area contributed by atoms with Crippen LogP contribution in [0.3, 0.4) is 0 Å². The second kappa shape index (κ2) is 3.93. The molecular formula is C13H12F3NO. The minimum Gasteiger partial charge on any atom is -0.406 e. The Hall–Kier alpha value is -1.65. The highest BCUT2D eigenvalue weighted by molar-refractivity contribution is 5.85. The molecule has 5 heteroatoms. The van der Waals surface area contributed by atoms with Crippen molar-refractivity contribution in [3.63, 3.8) is 0 Å². The van der Waals surface area contributed by atoms with Gasteiger partial charge in [0.15, 0.2) is 0 Å². The molecule has 96 valence electrons. The molecule has 1 heterocycles. The second-order valence-electron chi connectivity index (χ2n) is 4.63. The lowest BCUT2D eigenvalue weighted by molar-refractivity contribution is -0.274. The molecule has 0 aliphatic heterocycles. The third-order valence-electron chi connectivity index (χ3n) is 3.46. The average Bonchev–Trinajstić information content (AvgIpc) is 2.57. The number of nitrogens with one attached hydrogen (secondary N) is 1. The van der Waals surface area contributed by atoms with E-state index in [2.05, 4.69) is 9.72 Å². The number of aromatic amines is 1. The molecule has 0 saturated heterocycles. The van der Waals surface area contributed by atoms with Gasteiger partial charge in [0.25, 0.3) is 0 Å². The first-order valence-corrected chi connectivity index (χ1v) is 5.90. The van der Waals surface area contributed by atoms with E-state index in [1.807, 2.05) is 6.20 Å². The number of aromatic nitrogens is 1. The molecule has 0 amide bonds. The second-order valence-corrected chi connectivity index (χ2v) is 4.63. The van der Waals surface area contributed by atoms with Crippen LogP contribution < -0.4 is 4.74 Å². The Bertz CT molecular complexity index is 569. The molecular weight excluding hydrogens is 243 g/mol. The lowest BCUT2D eigenvalue weighted by atomic mass is 9.80. The summed E-state index contributed by atoms with van der Waals surface area (Å²) in [6, 6.07) is 4.42. The van der Waals surface area contributed by atoms with Gasteiger partial charge in [-0.3, -0.25) is 0 Å². The number of hydrogen-bond acceptors (Lipinski definition) is 1. The number of fused-ring (bicyclic) bond motifs is 1. The fourth-order valence-electron chi connectivity index (χ4n) is 2.38. The molecule has 3 rings (SSSR count). The summed E-state index contributed by atoms with van der Waals surface area (Å²) in [6.07, 6.45) is 0.664. The first kappa shape index (κ1) is 11.4. The molecule has 0 spiro atoms. The Kier molecular flexibility index (Phi) is 2.50. The summed E-state index contributed by atoms with van der Waals surface area (Å²) >= 11 is 0. The highest BCUT2D eigenvalue weighted by Gasteiger charge is 2.31. The Balaban J connectivity index is 1.98. The summed E-state index contributed by atoms with van der Waals surface area (Å²) < 4.78 is 40.5. The van der Waals surface area contributed by atoms with E-state index in [1.54, 1.807) is 6.07 Å². The molecule has 1 aliphatic carbocycles. The van der Waals surface area contributed by atoms with E-state index in [0.717, 1.165) is 29.3 Å². The van der Waals surface area contributed by atoms with Gasteiger partial charge in [0.1, 0.15) is 5.75 Å². The monoisotopic (exact) mass is 255 g/mol. The minimum absolute atomic E-state index is 0.157. The van der Waals surface area contributed by atoms with Crippen molar-refractivity contribution < 1.29 is 17.9 Å². The Morgan fingerprint density at radius 2 is 2.00 bits per heavy atom. The predicted molar refractivity (Wildman–Crippen MR) is 61.6 cm³/mol. The van der Waals surface area contributed by atoms with E-state index in [-0.39, 0.29) is 5.75 Å². The van der Waals surface area contributed by atoms with Crippen molar-refractivity contribution in [2.45, 2.75) is 31.5 Å². The lowest BCUT2D eigenvalue weighted by Crippen LogP contribution is -2.17. The molecule has 1 fully saturated rings. The van der Waals surface area contributed by atoms with Crippen molar-refractivity contribution in [1.82, 2.24) is 4.98 Å². The van der Waals surface area contributed by atoms with Crippen LogP contribution >= 0.6 is 0 Å². The highest BCUT2D eigenvalue weighted by Crippen LogP contribution is 2.40. The van der Waals surface area contributed by atoms with Gasteiger partial charge in [-0.15, -0.1) is 13.2 Å². The van der Waals surface area contributed by atoms with E-state index in [0.29, 0.717) is 5.92 Å². The number of H-pyrrole nitrogens is 1. The average molecular weight is 255 g/mol. The summed E-state index contributed by atoms with van der Waals surface area (Å²) in [5.74, 6) is 0.315. The van der Waals surface area contributed by atoms with Crippen LogP contribution in [-0.2, 0) is 0 Å². The van der Waals surface area contributed by atoms with E-state index < -0.39 is 6.36 Å². The normalized spacial score (nSPS) is 16.8. The Morgan fingerprint density at radius 3 is 2.61 bits per heavy atom. The van der Waals surface area contributed by atoms with Crippen molar-refractivity contribution in [2.75, 3.05) is 0 Å². The lowest BCUT2D eigenvalue weighted by Gasteiger charge is -2.25. The maximum atomic E-state index is 12.2. The Labute approximate surface area is 102 Å². The summed E-state index contributed by atoms with van der Waals surface area (Å²) in [5, 5.41) is 0.835. The van der Waals surface area contributed by atoms with Gasteiger partial charge in [-0.1, -0.05) is 6.42 Å². The zero-order valence-corrected chi connectivity index (χ0v) is 9.55. The molecule has 0 radical (unpaired) electrons. The molecule has 0 bridgehead atoms. The topological polar surface area (TPSA) is 25.0 Å². The molecule has 1 aromatic carbocycles. The van der Waals surface area contributed by atoms with Gasteiger partial charge >= 0.3 is 6.36 Å². The van der Waals surface area contributed by atoms with Gasteiger partial charge in [0.2, 0.25) is 0 Å². The van der Waals surface area contributed by atoms with Crippen LogP contribution in [0.1, 0.15) is 30.7 Å². The van der Waals surface area contributed by atoms with Crippen molar-refractivity contribution in [2.24, 2.45) is 0 Å². The molecule has 2 aromatic rings. The van der Waals surface area contributed by atoms with Gasteiger partial charge in [-0.2, -0.15) is 0 Å². The van der Waals surface area contributed by atoms with Crippen LogP contribution in [0.2, 0.25) is 0 Å². The molecule has 1 aromatic heterocycles. The molecule has 0 atom stereocenters. The molecule has 1 aliphatic rings. The van der Waals surface area contributed by atoms with Crippen LogP contribution in [0.4, 0.5) is 13.2 Å². The van der Waals surface area contributed by atoms with E-state index >= 15 is 0 Å². The molecule has 1 N–H and O–H groups in total. The number of rotatable bonds is 2. The van der Waals surface area contributed by atoms with Crippen molar-refractivity contribution in [3.05, 3.63) is 30.0 Å². The van der Waals surface area contributed by atoms with Gasteiger partial charge in [-0.05, 0) is 42.5 Å². The maximum absolute atomic E-state index is 12.2. The number of halogens is 3. The minimum atomic E-state index is -4.64. The zero-order chi connectivity index (χ0) is 12.8. The van der Waals surface area contributed by atoms with Gasteiger partial charge < -0.3 is 9.72 Å². The third kappa shape index (κ3) is 2.05. The fourth-order valence-corrected chi connectivity index (χ4v) is 2.38. The van der Waals surface area contributed by atoms with Crippen LogP contribution in [0.15, 0.2) is 24.4 Å². The summed E-state index contributed by atoms with van der Waals surface area (Å²) in [7, 11) is 0. The largest absolute Gasteiger partial charge is 0.573 e. The van der Waals surface area contributed by atoms with Crippen LogP contribution in [0, 0.1) is 0 Å². The fraction of sp³-hybridized carbons (Fsp3) is 0.385. The summed E-state index contributed by atoms with van der Waals surface area (Å²) in [4.78, 5) is 3.09. The number of alkyl halides is 3. The number of hydrogen-bond donors (Lipinski definition) is 1. The van der Waals surface area contributed by atoms with E-state index in [9.17, 15) is 13.2 Å². The van der Waals surface area contributed by atoms with Crippen LogP contribution in [0.5, 0.6) is 5.75 Å². The molecule has 1 saturated carbocycles. The molecule has 0 unspecified atom stereocenters. The summed E-state index contributed by atoms with van der Waals surface area (Å²) in [5.41, 5.74) is 1.95. The first-order chi connectivity index (χ1) is 8.53. The van der Waals surface area contributed by atoms with Crippen LogP contribution in [0.25, 0.3) is 10.9 Å². The first-order valence-electron chi connectivity index (χ1n) is 5.90. The van der Waals surface area contributed by atoms with Crippen molar-refractivity contribution >= 4 is 10.9 Å². The van der Waals surface area contributed by atoms with Gasteiger partial charge in [0, 0.05) is 17.1 Å². The Morgan fingerprint density at radius 1 is 1.22 bits per heavy atom. The van der Waals surface area contributed by atoms with Crippen molar-refractivity contribution in [1.29, 1.82) is 0 Å². The van der Waals surface area contributed by atoms with E-state index in [4.69, 9.17) is 0 Å². The SMILES string of the molecule is FC(F)(F)Oc1ccc2[nH]cc(C3CCC3)c2c1. The summed E-state index contributed by atoms with van der Waals surface area (Å²) in [6.45, 7) is 0. The zero-order valence-electron chi connectivity index (χ0n) is 9.55.